The number of carbonyl (C=O) groups is 1. The van der Waals surface area contributed by atoms with Crippen molar-refractivity contribution in [2.24, 2.45) is 0 Å². The number of halogens is 1. The number of hydrogen-bond acceptors (Lipinski definition) is 4. The van der Waals surface area contributed by atoms with Crippen LogP contribution in [-0.2, 0) is 17.8 Å². The van der Waals surface area contributed by atoms with Crippen molar-refractivity contribution in [1.29, 1.82) is 0 Å². The van der Waals surface area contributed by atoms with Crippen molar-refractivity contribution in [3.8, 4) is 28.4 Å². The number of phenols is 1. The topological polar surface area (TPSA) is 107 Å². The summed E-state index contributed by atoms with van der Waals surface area (Å²) >= 11 is 0. The minimum atomic E-state index is -0.647. The van der Waals surface area contributed by atoms with Crippen LogP contribution < -0.4 is 5.32 Å². The molecule has 0 aliphatic heterocycles. The molecule has 0 bridgehead atoms. The Kier molecular flexibility index (Phi) is 5.22. The third-order valence-electron chi connectivity index (χ3n) is 5.07. The fourth-order valence-corrected chi connectivity index (χ4v) is 3.42. The third kappa shape index (κ3) is 3.63. The predicted molar refractivity (Wildman–Crippen MR) is 112 cm³/mol. The van der Waals surface area contributed by atoms with Gasteiger partial charge in [-0.25, -0.2) is 9.37 Å². The summed E-state index contributed by atoms with van der Waals surface area (Å²) in [7, 11) is 0. The molecule has 0 aliphatic carbocycles. The SMILES string of the molecule is CCC(=O)NCc1c[nH]c(-c2n[nH]c3cc(-c4cc(F)c(O)cc4CC)ccc23)n1. The van der Waals surface area contributed by atoms with E-state index in [9.17, 15) is 14.3 Å². The van der Waals surface area contributed by atoms with E-state index in [0.29, 0.717) is 36.6 Å². The second-order valence-corrected chi connectivity index (χ2v) is 7.02. The van der Waals surface area contributed by atoms with Gasteiger partial charge in [-0.3, -0.25) is 9.89 Å². The van der Waals surface area contributed by atoms with Crippen LogP contribution in [-0.4, -0.2) is 31.2 Å². The number of amides is 1. The highest BCUT2D eigenvalue weighted by Gasteiger charge is 2.15. The van der Waals surface area contributed by atoms with Gasteiger partial charge in [0.05, 0.1) is 17.8 Å². The van der Waals surface area contributed by atoms with Gasteiger partial charge in [0, 0.05) is 18.0 Å². The molecule has 154 valence electrons. The number of carbonyl (C=O) groups excluding carboxylic acids is 1. The van der Waals surface area contributed by atoms with Gasteiger partial charge in [0.15, 0.2) is 17.4 Å². The van der Waals surface area contributed by atoms with Crippen LogP contribution in [0.5, 0.6) is 5.75 Å². The molecule has 0 aliphatic rings. The molecule has 0 unspecified atom stereocenters. The van der Waals surface area contributed by atoms with Gasteiger partial charge in [-0.2, -0.15) is 5.10 Å². The van der Waals surface area contributed by atoms with Crippen molar-refractivity contribution in [2.75, 3.05) is 0 Å². The normalized spacial score (nSPS) is 11.2. The summed E-state index contributed by atoms with van der Waals surface area (Å²) in [4.78, 5) is 19.0. The number of aromatic nitrogens is 4. The van der Waals surface area contributed by atoms with Crippen molar-refractivity contribution >= 4 is 16.8 Å². The molecule has 4 aromatic rings. The van der Waals surface area contributed by atoms with Crippen LogP contribution in [0.4, 0.5) is 4.39 Å². The van der Waals surface area contributed by atoms with Crippen LogP contribution in [0.2, 0.25) is 0 Å². The molecule has 4 N–H and O–H groups in total. The Bertz CT molecular complexity index is 1230. The number of aromatic hydroxyl groups is 1. The van der Waals surface area contributed by atoms with E-state index in [1.165, 1.54) is 12.1 Å². The van der Waals surface area contributed by atoms with E-state index in [4.69, 9.17) is 0 Å². The van der Waals surface area contributed by atoms with E-state index < -0.39 is 5.82 Å². The average molecular weight is 407 g/mol. The van der Waals surface area contributed by atoms with E-state index in [1.54, 1.807) is 13.1 Å². The number of H-pyrrole nitrogens is 2. The van der Waals surface area contributed by atoms with Crippen LogP contribution in [0.3, 0.4) is 0 Å². The van der Waals surface area contributed by atoms with Gasteiger partial charge in [0.1, 0.15) is 5.69 Å². The highest BCUT2D eigenvalue weighted by atomic mass is 19.1. The van der Waals surface area contributed by atoms with Gasteiger partial charge in [-0.05, 0) is 47.4 Å². The number of rotatable bonds is 6. The molecule has 0 atom stereocenters. The fraction of sp³-hybridized carbons (Fsp3) is 0.227. The Morgan fingerprint density at radius 1 is 1.23 bits per heavy atom. The molecular weight excluding hydrogens is 385 g/mol. The highest BCUT2D eigenvalue weighted by Crippen LogP contribution is 2.33. The van der Waals surface area contributed by atoms with Crippen molar-refractivity contribution in [2.45, 2.75) is 33.2 Å². The maximum Gasteiger partial charge on any atom is 0.220 e. The third-order valence-corrected chi connectivity index (χ3v) is 5.07. The molecule has 0 radical (unpaired) electrons. The van der Waals surface area contributed by atoms with Crippen molar-refractivity contribution in [3.63, 3.8) is 0 Å². The molecule has 0 spiro atoms. The first kappa shape index (κ1) is 19.6. The van der Waals surface area contributed by atoms with Gasteiger partial charge in [-0.1, -0.05) is 19.9 Å². The molecule has 0 fully saturated rings. The highest BCUT2D eigenvalue weighted by molar-refractivity contribution is 5.94. The summed E-state index contributed by atoms with van der Waals surface area (Å²) in [5, 5.41) is 20.7. The summed E-state index contributed by atoms with van der Waals surface area (Å²) in [5.74, 6) is -0.427. The van der Waals surface area contributed by atoms with Crippen LogP contribution in [0, 0.1) is 5.82 Å². The van der Waals surface area contributed by atoms with Crippen molar-refractivity contribution < 1.29 is 14.3 Å². The second-order valence-electron chi connectivity index (χ2n) is 7.02. The number of phenolic OH excluding ortho intramolecular Hbond substituents is 1. The van der Waals surface area contributed by atoms with Gasteiger partial charge in [0.2, 0.25) is 5.91 Å². The van der Waals surface area contributed by atoms with E-state index in [0.717, 1.165) is 27.6 Å². The molecule has 30 heavy (non-hydrogen) atoms. The molecule has 0 saturated carbocycles. The van der Waals surface area contributed by atoms with Crippen LogP contribution in [0.15, 0.2) is 36.5 Å². The Morgan fingerprint density at radius 3 is 2.83 bits per heavy atom. The van der Waals surface area contributed by atoms with Gasteiger partial charge in [0.25, 0.3) is 0 Å². The summed E-state index contributed by atoms with van der Waals surface area (Å²) in [6, 6.07) is 8.54. The first-order valence-electron chi connectivity index (χ1n) is 9.81. The molecule has 7 nitrogen and oxygen atoms in total. The molecular formula is C22H22FN5O2. The van der Waals surface area contributed by atoms with E-state index in [-0.39, 0.29) is 11.7 Å². The maximum absolute atomic E-state index is 13.9. The van der Waals surface area contributed by atoms with Gasteiger partial charge >= 0.3 is 0 Å². The molecule has 2 heterocycles. The summed E-state index contributed by atoms with van der Waals surface area (Å²) in [6.45, 7) is 4.10. The quantitative estimate of drug-likeness (QED) is 0.387. The fourth-order valence-electron chi connectivity index (χ4n) is 3.42. The van der Waals surface area contributed by atoms with Crippen LogP contribution >= 0.6 is 0 Å². The zero-order chi connectivity index (χ0) is 21.3. The smallest absolute Gasteiger partial charge is 0.220 e. The number of nitrogens with one attached hydrogen (secondary N) is 3. The Labute approximate surface area is 172 Å². The van der Waals surface area contributed by atoms with Gasteiger partial charge in [-0.15, -0.1) is 0 Å². The first-order chi connectivity index (χ1) is 14.5. The lowest BCUT2D eigenvalue weighted by Crippen LogP contribution is -2.21. The number of nitrogens with zero attached hydrogens (tertiary/aromatic N) is 2. The van der Waals surface area contributed by atoms with Crippen LogP contribution in [0.25, 0.3) is 33.5 Å². The van der Waals surface area contributed by atoms with Crippen LogP contribution in [0.1, 0.15) is 31.5 Å². The second kappa shape index (κ2) is 7.98. The first-order valence-corrected chi connectivity index (χ1v) is 9.81. The molecule has 2 aromatic heterocycles. The average Bonchev–Trinajstić information content (AvgIpc) is 3.39. The van der Waals surface area contributed by atoms with E-state index in [2.05, 4.69) is 25.5 Å². The lowest BCUT2D eigenvalue weighted by molar-refractivity contribution is -0.120. The van der Waals surface area contributed by atoms with E-state index in [1.807, 2.05) is 25.1 Å². The number of hydrogen-bond donors (Lipinski definition) is 4. The molecule has 4 rings (SSSR count). The number of imidazole rings is 1. The molecule has 8 heteroatoms. The molecule has 0 saturated heterocycles. The minimum absolute atomic E-state index is 0.0329. The lowest BCUT2D eigenvalue weighted by atomic mass is 9.96. The number of aromatic amines is 2. The maximum atomic E-state index is 13.9. The number of aryl methyl sites for hydroxylation is 1. The Balaban J connectivity index is 1.66. The number of fused-ring (bicyclic) bond motifs is 1. The predicted octanol–water partition coefficient (Wildman–Crippen LogP) is 4.05. The molecule has 2 aromatic carbocycles. The monoisotopic (exact) mass is 407 g/mol. The van der Waals surface area contributed by atoms with E-state index >= 15 is 0 Å². The minimum Gasteiger partial charge on any atom is -0.505 e. The van der Waals surface area contributed by atoms with Gasteiger partial charge < -0.3 is 15.4 Å². The standard InChI is InChI=1S/C22H22FN5O2/c1-3-12-8-19(29)17(23)9-16(12)13-5-6-15-18(7-13)27-28-21(15)22-25-11-14(26-22)10-24-20(30)4-2/h5-9,11,29H,3-4,10H2,1-2H3,(H,24,30)(H,25,26)(H,27,28). The summed E-state index contributed by atoms with van der Waals surface area (Å²) in [6.07, 6.45) is 2.83. The molecule has 1 amide bonds. The van der Waals surface area contributed by atoms with Crippen molar-refractivity contribution in [3.05, 3.63) is 53.6 Å². The Morgan fingerprint density at radius 2 is 2.07 bits per heavy atom. The summed E-state index contributed by atoms with van der Waals surface area (Å²) in [5.41, 5.74) is 4.59. The zero-order valence-electron chi connectivity index (χ0n) is 16.7. The number of benzene rings is 2. The van der Waals surface area contributed by atoms with Crippen molar-refractivity contribution in [1.82, 2.24) is 25.5 Å². The Hall–Kier alpha value is -3.68. The largest absolute Gasteiger partial charge is 0.505 e. The zero-order valence-corrected chi connectivity index (χ0v) is 16.7. The lowest BCUT2D eigenvalue weighted by Gasteiger charge is -2.10. The summed E-state index contributed by atoms with van der Waals surface area (Å²) < 4.78 is 13.9.